The van der Waals surface area contributed by atoms with E-state index in [-0.39, 0.29) is 6.42 Å². The predicted molar refractivity (Wildman–Crippen MR) is 21.1 cm³/mol. The van der Waals surface area contributed by atoms with Gasteiger partial charge in [-0.1, -0.05) is 12.7 Å². The molecule has 2 heteroatoms. The third-order valence-electron chi connectivity index (χ3n) is 0.292. The molecule has 33 valence electrons. The molecule has 0 aliphatic carbocycles. The average Bonchev–Trinajstić information content (AvgIpc) is 1.35. The van der Waals surface area contributed by atoms with Crippen molar-refractivity contribution in [3.05, 3.63) is 12.7 Å². The largest absolute Gasteiger partial charge is 0.481 e. The van der Waals surface area contributed by atoms with Crippen LogP contribution in [0.15, 0.2) is 6.08 Å². The van der Waals surface area contributed by atoms with Gasteiger partial charge in [0, 0.05) is 0 Å². The molecule has 0 aliphatic rings. The molecule has 1 N–H and O–H groups in total. The van der Waals surface area contributed by atoms with Gasteiger partial charge in [0.05, 0.1) is 6.42 Å². The molecule has 0 aliphatic heterocycles. The standard InChI is InChI=1S/C4H5O2/c1-2-3-4(5)6/h1-2H,3H2,(H,5,6). The number of aliphatic carboxylic acids is 1. The molecule has 0 aromatic rings. The van der Waals surface area contributed by atoms with Crippen LogP contribution in [0.2, 0.25) is 0 Å². The summed E-state index contributed by atoms with van der Waals surface area (Å²) in [6.45, 7) is 4.72. The lowest BCUT2D eigenvalue weighted by Gasteiger charge is -1.74. The van der Waals surface area contributed by atoms with Gasteiger partial charge in [-0.3, -0.25) is 4.79 Å². The lowest BCUT2D eigenvalue weighted by molar-refractivity contribution is -0.135. The maximum absolute atomic E-state index is 9.49. The number of carboxylic acids is 1. The Balaban J connectivity index is 3.05. The molecule has 0 heterocycles. The molecule has 0 aromatic heterocycles. The van der Waals surface area contributed by atoms with Crippen molar-refractivity contribution >= 4 is 5.97 Å². The quantitative estimate of drug-likeness (QED) is 0.528. The molecule has 0 atom stereocenters. The van der Waals surface area contributed by atoms with Gasteiger partial charge in [-0.15, -0.1) is 0 Å². The van der Waals surface area contributed by atoms with Crippen molar-refractivity contribution in [2.45, 2.75) is 6.42 Å². The van der Waals surface area contributed by atoms with Gasteiger partial charge < -0.3 is 5.11 Å². The van der Waals surface area contributed by atoms with Crippen molar-refractivity contribution in [1.82, 2.24) is 0 Å². The smallest absolute Gasteiger partial charge is 0.307 e. The van der Waals surface area contributed by atoms with Gasteiger partial charge >= 0.3 is 5.97 Å². The van der Waals surface area contributed by atoms with E-state index in [2.05, 4.69) is 0 Å². The van der Waals surface area contributed by atoms with Crippen LogP contribution in [-0.2, 0) is 4.79 Å². The van der Waals surface area contributed by atoms with Crippen LogP contribution in [0.4, 0.5) is 0 Å². The summed E-state index contributed by atoms with van der Waals surface area (Å²) in [6, 6.07) is 0. The lowest BCUT2D eigenvalue weighted by atomic mass is 10.4. The van der Waals surface area contributed by atoms with E-state index in [1.165, 1.54) is 0 Å². The highest BCUT2D eigenvalue weighted by Gasteiger charge is 1.84. The van der Waals surface area contributed by atoms with Crippen molar-refractivity contribution in [3.63, 3.8) is 0 Å². The molecule has 1 radical (unpaired) electrons. The van der Waals surface area contributed by atoms with E-state index in [1.54, 1.807) is 0 Å². The summed E-state index contributed by atoms with van der Waals surface area (Å²) >= 11 is 0. The van der Waals surface area contributed by atoms with E-state index in [1.807, 2.05) is 0 Å². The first-order valence-electron chi connectivity index (χ1n) is 1.52. The average molecular weight is 85.1 g/mol. The molecule has 0 bridgehead atoms. The maximum Gasteiger partial charge on any atom is 0.307 e. The molecule has 0 fully saturated rings. The first kappa shape index (κ1) is 5.21. The number of carbonyl (C=O) groups is 1. The topological polar surface area (TPSA) is 37.3 Å². The number of hydrogen-bond donors (Lipinski definition) is 1. The second kappa shape index (κ2) is 2.45. The summed E-state index contributed by atoms with van der Waals surface area (Å²) in [5, 5.41) is 7.80. The zero-order valence-corrected chi connectivity index (χ0v) is 3.22. The van der Waals surface area contributed by atoms with E-state index in [0.717, 1.165) is 6.08 Å². The number of hydrogen-bond acceptors (Lipinski definition) is 1. The van der Waals surface area contributed by atoms with Crippen LogP contribution < -0.4 is 0 Å². The predicted octanol–water partition coefficient (Wildman–Crippen LogP) is 0.450. The number of carboxylic acid groups (broad SMARTS) is 1. The summed E-state index contributed by atoms with van der Waals surface area (Å²) in [5.41, 5.74) is 0. The van der Waals surface area contributed by atoms with Crippen LogP contribution in [-0.4, -0.2) is 11.1 Å². The minimum Gasteiger partial charge on any atom is -0.481 e. The molecular formula is C4H5O2. The highest BCUT2D eigenvalue weighted by Crippen LogP contribution is 1.73. The van der Waals surface area contributed by atoms with Crippen molar-refractivity contribution in [2.24, 2.45) is 0 Å². The van der Waals surface area contributed by atoms with Gasteiger partial charge in [0.2, 0.25) is 0 Å². The minimum atomic E-state index is -0.891. The lowest BCUT2D eigenvalue weighted by Crippen LogP contribution is -1.88. The number of rotatable bonds is 2. The monoisotopic (exact) mass is 85.0 g/mol. The fraction of sp³-hybridized carbons (Fsp3) is 0.250. The zero-order valence-electron chi connectivity index (χ0n) is 3.22. The molecule has 6 heavy (non-hydrogen) atoms. The van der Waals surface area contributed by atoms with Gasteiger partial charge in [0.1, 0.15) is 0 Å². The fourth-order valence-electron chi connectivity index (χ4n) is 0.101. The Bertz CT molecular complexity index is 65.9. The van der Waals surface area contributed by atoms with Gasteiger partial charge in [0.15, 0.2) is 0 Å². The fourth-order valence-corrected chi connectivity index (χ4v) is 0.101. The van der Waals surface area contributed by atoms with Gasteiger partial charge in [-0.25, -0.2) is 0 Å². The highest BCUT2D eigenvalue weighted by atomic mass is 16.4. The van der Waals surface area contributed by atoms with Crippen molar-refractivity contribution in [3.8, 4) is 0 Å². The molecule has 0 aromatic carbocycles. The van der Waals surface area contributed by atoms with E-state index < -0.39 is 5.97 Å². The Kier molecular flexibility index (Phi) is 2.13. The van der Waals surface area contributed by atoms with Crippen molar-refractivity contribution in [1.29, 1.82) is 0 Å². The summed E-state index contributed by atoms with van der Waals surface area (Å²) in [6.07, 6.45) is 1.04. The van der Waals surface area contributed by atoms with Crippen LogP contribution in [0.3, 0.4) is 0 Å². The van der Waals surface area contributed by atoms with Crippen LogP contribution >= 0.6 is 0 Å². The summed E-state index contributed by atoms with van der Waals surface area (Å²) in [4.78, 5) is 9.49. The minimum absolute atomic E-state index is 0.0556. The second-order valence-corrected chi connectivity index (χ2v) is 0.834. The van der Waals surface area contributed by atoms with Gasteiger partial charge in [-0.2, -0.15) is 0 Å². The maximum atomic E-state index is 9.49. The Morgan fingerprint density at radius 2 is 2.50 bits per heavy atom. The Hall–Kier alpha value is -0.790. The Morgan fingerprint density at radius 3 is 2.50 bits per heavy atom. The van der Waals surface area contributed by atoms with Crippen molar-refractivity contribution in [2.75, 3.05) is 0 Å². The van der Waals surface area contributed by atoms with Gasteiger partial charge in [0.25, 0.3) is 0 Å². The molecular weight excluding hydrogens is 80.0 g/mol. The molecule has 2 nitrogen and oxygen atoms in total. The van der Waals surface area contributed by atoms with Crippen LogP contribution in [0.5, 0.6) is 0 Å². The molecule has 0 saturated carbocycles. The van der Waals surface area contributed by atoms with Crippen molar-refractivity contribution < 1.29 is 9.90 Å². The SMILES string of the molecule is [CH]=CCC(=O)O. The molecule has 0 amide bonds. The second-order valence-electron chi connectivity index (χ2n) is 0.834. The zero-order chi connectivity index (χ0) is 4.99. The third-order valence-corrected chi connectivity index (χ3v) is 0.292. The highest BCUT2D eigenvalue weighted by molar-refractivity contribution is 5.68. The molecule has 0 spiro atoms. The Labute approximate surface area is 36.1 Å². The van der Waals surface area contributed by atoms with E-state index in [0.29, 0.717) is 0 Å². The first-order chi connectivity index (χ1) is 2.77. The molecule has 0 rings (SSSR count). The van der Waals surface area contributed by atoms with Crippen LogP contribution in [0.25, 0.3) is 0 Å². The van der Waals surface area contributed by atoms with Crippen LogP contribution in [0.1, 0.15) is 6.42 Å². The van der Waals surface area contributed by atoms with E-state index in [9.17, 15) is 4.79 Å². The van der Waals surface area contributed by atoms with Crippen LogP contribution in [0, 0.1) is 6.58 Å². The van der Waals surface area contributed by atoms with Gasteiger partial charge in [-0.05, 0) is 0 Å². The summed E-state index contributed by atoms with van der Waals surface area (Å²) < 4.78 is 0. The Morgan fingerprint density at radius 1 is 2.00 bits per heavy atom. The first-order valence-corrected chi connectivity index (χ1v) is 1.52. The van der Waals surface area contributed by atoms with E-state index >= 15 is 0 Å². The normalized spacial score (nSPS) is 7.33. The molecule has 0 unspecified atom stereocenters. The van der Waals surface area contributed by atoms with E-state index in [4.69, 9.17) is 11.7 Å². The third kappa shape index (κ3) is 3.21. The summed E-state index contributed by atoms with van der Waals surface area (Å²) in [5.74, 6) is -0.891. The summed E-state index contributed by atoms with van der Waals surface area (Å²) in [7, 11) is 0. The molecule has 0 saturated heterocycles.